The summed E-state index contributed by atoms with van der Waals surface area (Å²) < 4.78 is 0. The summed E-state index contributed by atoms with van der Waals surface area (Å²) in [5.41, 5.74) is 5.80. The molecule has 0 unspecified atom stereocenters. The quantitative estimate of drug-likeness (QED) is 0.418. The van der Waals surface area contributed by atoms with Gasteiger partial charge in [0.05, 0.1) is 0 Å². The van der Waals surface area contributed by atoms with Gasteiger partial charge in [-0.05, 0) is 43.7 Å². The first-order valence-corrected chi connectivity index (χ1v) is 9.30. The van der Waals surface area contributed by atoms with Crippen LogP contribution < -0.4 is 4.90 Å². The lowest BCUT2D eigenvalue weighted by Crippen LogP contribution is -2.17. The summed E-state index contributed by atoms with van der Waals surface area (Å²) in [5.74, 6) is 0. The molecule has 0 aliphatic carbocycles. The van der Waals surface area contributed by atoms with Crippen LogP contribution in [0.25, 0.3) is 5.57 Å². The van der Waals surface area contributed by atoms with Crippen LogP contribution in [0.2, 0.25) is 0 Å². The Kier molecular flexibility index (Phi) is 6.43. The van der Waals surface area contributed by atoms with Crippen molar-refractivity contribution in [2.45, 2.75) is 13.8 Å². The largest absolute Gasteiger partial charge is 0.310 e. The van der Waals surface area contributed by atoms with E-state index in [4.69, 9.17) is 0 Å². The summed E-state index contributed by atoms with van der Waals surface area (Å²) in [6.45, 7) is 4.14. The maximum absolute atomic E-state index is 2.31. The lowest BCUT2D eigenvalue weighted by atomic mass is 9.99. The van der Waals surface area contributed by atoms with E-state index in [9.17, 15) is 0 Å². The minimum absolute atomic E-state index is 1.14. The van der Waals surface area contributed by atoms with Crippen molar-refractivity contribution in [2.75, 3.05) is 4.90 Å². The molecule has 0 saturated carbocycles. The van der Waals surface area contributed by atoms with Crippen LogP contribution in [-0.4, -0.2) is 0 Å². The van der Waals surface area contributed by atoms with Gasteiger partial charge in [-0.15, -0.1) is 0 Å². The van der Waals surface area contributed by atoms with Crippen molar-refractivity contribution in [1.29, 1.82) is 0 Å². The van der Waals surface area contributed by atoms with Gasteiger partial charge in [-0.2, -0.15) is 0 Å². The van der Waals surface area contributed by atoms with E-state index < -0.39 is 0 Å². The van der Waals surface area contributed by atoms with E-state index in [1.165, 1.54) is 11.1 Å². The number of hydrogen-bond acceptors (Lipinski definition) is 1. The van der Waals surface area contributed by atoms with Crippen LogP contribution in [0.3, 0.4) is 0 Å². The zero-order chi connectivity index (χ0) is 18.9. The normalized spacial score (nSPS) is 12.4. The van der Waals surface area contributed by atoms with Crippen molar-refractivity contribution >= 4 is 16.9 Å². The Hall–Kier alpha value is -3.32. The van der Waals surface area contributed by atoms with Crippen LogP contribution in [0.15, 0.2) is 121 Å². The Morgan fingerprint density at radius 3 is 1.59 bits per heavy atom. The molecule has 0 atom stereocenters. The summed E-state index contributed by atoms with van der Waals surface area (Å²) in [6.07, 6.45) is 8.53. The molecule has 0 aromatic heterocycles. The molecule has 0 bridgehead atoms. The summed E-state index contributed by atoms with van der Waals surface area (Å²) in [7, 11) is 0. The molecule has 27 heavy (non-hydrogen) atoms. The van der Waals surface area contributed by atoms with E-state index >= 15 is 0 Å². The third-order valence-corrected chi connectivity index (χ3v) is 4.36. The predicted octanol–water partition coefficient (Wildman–Crippen LogP) is 7.39. The molecule has 0 radical (unpaired) electrons. The highest BCUT2D eigenvalue weighted by Gasteiger charge is 2.18. The zero-order valence-corrected chi connectivity index (χ0v) is 15.9. The van der Waals surface area contributed by atoms with Gasteiger partial charge >= 0.3 is 0 Å². The van der Waals surface area contributed by atoms with Gasteiger partial charge in [0, 0.05) is 22.6 Å². The van der Waals surface area contributed by atoms with E-state index in [1.54, 1.807) is 0 Å². The molecular weight excluding hydrogens is 326 g/mol. The summed E-state index contributed by atoms with van der Waals surface area (Å²) >= 11 is 0. The smallest absolute Gasteiger partial charge is 0.0497 e. The molecule has 0 fully saturated rings. The van der Waals surface area contributed by atoms with E-state index in [0.29, 0.717) is 0 Å². The van der Waals surface area contributed by atoms with E-state index in [0.717, 1.165) is 17.1 Å². The van der Waals surface area contributed by atoms with Gasteiger partial charge in [0.1, 0.15) is 0 Å². The topological polar surface area (TPSA) is 3.24 Å². The van der Waals surface area contributed by atoms with Gasteiger partial charge in [0.15, 0.2) is 0 Å². The van der Waals surface area contributed by atoms with E-state index in [2.05, 4.69) is 127 Å². The lowest BCUT2D eigenvalue weighted by molar-refractivity contribution is 1.20. The molecule has 3 rings (SSSR count). The van der Waals surface area contributed by atoms with Gasteiger partial charge in [0.25, 0.3) is 0 Å². The van der Waals surface area contributed by atoms with Crippen molar-refractivity contribution in [3.05, 3.63) is 127 Å². The maximum atomic E-state index is 2.31. The Labute approximate surface area is 162 Å². The van der Waals surface area contributed by atoms with Crippen molar-refractivity contribution in [2.24, 2.45) is 0 Å². The van der Waals surface area contributed by atoms with Crippen LogP contribution in [0.5, 0.6) is 0 Å². The molecule has 1 heteroatoms. The van der Waals surface area contributed by atoms with Crippen LogP contribution >= 0.6 is 0 Å². The number of nitrogens with zero attached hydrogens (tertiary/aromatic N) is 1. The average Bonchev–Trinajstić information content (AvgIpc) is 2.75. The Morgan fingerprint density at radius 2 is 1.15 bits per heavy atom. The Bertz CT molecular complexity index is 880. The van der Waals surface area contributed by atoms with Gasteiger partial charge in [-0.1, -0.05) is 91.0 Å². The highest BCUT2D eigenvalue weighted by molar-refractivity contribution is 5.88. The summed E-state index contributed by atoms with van der Waals surface area (Å²) in [6, 6.07) is 31.6. The summed E-state index contributed by atoms with van der Waals surface area (Å²) in [5, 5.41) is 0. The molecular formula is C26H25N. The van der Waals surface area contributed by atoms with Crippen molar-refractivity contribution < 1.29 is 0 Å². The molecule has 0 saturated heterocycles. The minimum atomic E-state index is 1.14. The predicted molar refractivity (Wildman–Crippen MR) is 118 cm³/mol. The number of para-hydroxylation sites is 2. The van der Waals surface area contributed by atoms with Gasteiger partial charge < -0.3 is 4.90 Å². The third kappa shape index (κ3) is 4.45. The van der Waals surface area contributed by atoms with E-state index in [-0.39, 0.29) is 0 Å². The standard InChI is InChI=1S/C26H25N/c1-3-5-21-25(22-15-9-6-10-16-22)26(4-2)27(23-17-11-7-12-18-23)24-19-13-8-14-20-24/h3-21H,1-2H3/b5-3-,25-21-,26-4+. The zero-order valence-electron chi connectivity index (χ0n) is 15.9. The highest BCUT2D eigenvalue weighted by Crippen LogP contribution is 2.36. The number of benzene rings is 3. The number of rotatable bonds is 6. The number of hydrogen-bond donors (Lipinski definition) is 0. The second-order valence-corrected chi connectivity index (χ2v) is 6.15. The first-order chi connectivity index (χ1) is 13.3. The van der Waals surface area contributed by atoms with Crippen molar-refractivity contribution in [1.82, 2.24) is 0 Å². The molecule has 0 aliphatic rings. The molecule has 0 spiro atoms. The highest BCUT2D eigenvalue weighted by atomic mass is 15.1. The van der Waals surface area contributed by atoms with E-state index in [1.807, 2.05) is 6.92 Å². The molecule has 3 aromatic rings. The molecule has 1 nitrogen and oxygen atoms in total. The molecule has 0 N–H and O–H groups in total. The molecule has 134 valence electrons. The Balaban J connectivity index is 2.18. The monoisotopic (exact) mass is 351 g/mol. The molecule has 0 heterocycles. The van der Waals surface area contributed by atoms with Gasteiger partial charge in [0.2, 0.25) is 0 Å². The van der Waals surface area contributed by atoms with Crippen molar-refractivity contribution in [3.8, 4) is 0 Å². The minimum Gasteiger partial charge on any atom is -0.310 e. The lowest BCUT2D eigenvalue weighted by Gasteiger charge is -2.29. The van der Waals surface area contributed by atoms with Crippen LogP contribution in [0, 0.1) is 0 Å². The summed E-state index contributed by atoms with van der Waals surface area (Å²) in [4.78, 5) is 2.31. The molecule has 0 amide bonds. The van der Waals surface area contributed by atoms with Crippen LogP contribution in [0.4, 0.5) is 11.4 Å². The number of anilines is 2. The SMILES string of the molecule is C\C=C/C=C(\C(=C/C)N(c1ccccc1)c1ccccc1)c1ccccc1. The molecule has 0 aliphatic heterocycles. The van der Waals surface area contributed by atoms with Crippen LogP contribution in [-0.2, 0) is 0 Å². The van der Waals surface area contributed by atoms with Gasteiger partial charge in [-0.25, -0.2) is 0 Å². The van der Waals surface area contributed by atoms with Gasteiger partial charge in [-0.3, -0.25) is 0 Å². The average molecular weight is 351 g/mol. The molecule has 3 aromatic carbocycles. The fraction of sp³-hybridized carbons (Fsp3) is 0.0769. The second-order valence-electron chi connectivity index (χ2n) is 6.15. The second kappa shape index (κ2) is 9.40. The first-order valence-electron chi connectivity index (χ1n) is 9.30. The first kappa shape index (κ1) is 18.5. The fourth-order valence-electron chi connectivity index (χ4n) is 3.13. The Morgan fingerprint density at radius 1 is 0.667 bits per heavy atom. The number of allylic oxidation sites excluding steroid dienone is 5. The fourth-order valence-corrected chi connectivity index (χ4v) is 3.13. The van der Waals surface area contributed by atoms with Crippen molar-refractivity contribution in [3.63, 3.8) is 0 Å². The third-order valence-electron chi connectivity index (χ3n) is 4.36. The maximum Gasteiger partial charge on any atom is 0.0497 e. The van der Waals surface area contributed by atoms with Crippen LogP contribution in [0.1, 0.15) is 19.4 Å².